The fourth-order valence-electron chi connectivity index (χ4n) is 1.06. The Kier molecular flexibility index (Phi) is 1.66. The average Bonchev–Trinajstić information content (AvgIpc) is 2.09. The normalized spacial score (nSPS) is 44.3. The van der Waals surface area contributed by atoms with Crippen LogP contribution >= 0.6 is 0 Å². The summed E-state index contributed by atoms with van der Waals surface area (Å²) in [5.74, 6) is -3.27. The van der Waals surface area contributed by atoms with Crippen molar-refractivity contribution >= 4 is 5.91 Å². The van der Waals surface area contributed by atoms with Crippen LogP contribution in [0.2, 0.25) is 0 Å². The minimum absolute atomic E-state index is 0.131. The van der Waals surface area contributed by atoms with E-state index in [0.717, 1.165) is 0 Å². The number of carbonyl (C=O) groups is 1. The molecule has 5 heteroatoms. The molecule has 0 aromatic rings. The molecule has 1 aliphatic heterocycles. The second kappa shape index (κ2) is 2.17. The number of primary amides is 1. The Morgan fingerprint density at radius 3 is 2.36 bits per heavy atom. The van der Waals surface area contributed by atoms with Gasteiger partial charge >= 0.3 is 0 Å². The van der Waals surface area contributed by atoms with Crippen molar-refractivity contribution in [2.24, 2.45) is 5.73 Å². The second-order valence-corrected chi connectivity index (χ2v) is 2.88. The van der Waals surface area contributed by atoms with Gasteiger partial charge in [-0.15, -0.1) is 0 Å². The van der Waals surface area contributed by atoms with Crippen LogP contribution in [0.5, 0.6) is 0 Å². The highest BCUT2D eigenvalue weighted by Crippen LogP contribution is 2.33. The molecule has 1 rings (SSSR count). The van der Waals surface area contributed by atoms with E-state index in [-0.39, 0.29) is 13.0 Å². The highest BCUT2D eigenvalue weighted by Gasteiger charge is 2.56. The van der Waals surface area contributed by atoms with Gasteiger partial charge < -0.3 is 20.7 Å². The Morgan fingerprint density at radius 2 is 2.18 bits per heavy atom. The third-order valence-corrected chi connectivity index (χ3v) is 1.96. The van der Waals surface area contributed by atoms with Crippen molar-refractivity contribution in [2.75, 3.05) is 6.61 Å². The van der Waals surface area contributed by atoms with E-state index >= 15 is 0 Å². The third-order valence-electron chi connectivity index (χ3n) is 1.96. The highest BCUT2D eigenvalue weighted by atomic mass is 16.7. The van der Waals surface area contributed by atoms with Gasteiger partial charge in [-0.1, -0.05) is 0 Å². The standard InChI is InChI=1S/C6H11NO4/c1-5(9)2-3-11-6(5,10)4(7)8/h9-10H,2-3H2,1H3,(H2,7,8). The maximum absolute atomic E-state index is 10.6. The third kappa shape index (κ3) is 1.01. The first kappa shape index (κ1) is 8.45. The number of ether oxygens (including phenoxy) is 1. The summed E-state index contributed by atoms with van der Waals surface area (Å²) >= 11 is 0. The van der Waals surface area contributed by atoms with Gasteiger partial charge in [0.05, 0.1) is 6.61 Å². The van der Waals surface area contributed by atoms with Gasteiger partial charge in [0.15, 0.2) is 0 Å². The zero-order chi connectivity index (χ0) is 8.70. The molecular weight excluding hydrogens is 150 g/mol. The van der Waals surface area contributed by atoms with Gasteiger partial charge in [0.2, 0.25) is 0 Å². The number of aliphatic hydroxyl groups is 2. The largest absolute Gasteiger partial charge is 0.384 e. The number of hydrogen-bond donors (Lipinski definition) is 3. The van der Waals surface area contributed by atoms with Gasteiger partial charge in [-0.05, 0) is 6.92 Å². The fourth-order valence-corrected chi connectivity index (χ4v) is 1.06. The van der Waals surface area contributed by atoms with Gasteiger partial charge in [0, 0.05) is 6.42 Å². The number of carbonyl (C=O) groups excluding carboxylic acids is 1. The Bertz CT molecular complexity index is 191. The number of amides is 1. The second-order valence-electron chi connectivity index (χ2n) is 2.88. The first-order valence-electron chi connectivity index (χ1n) is 3.29. The quantitative estimate of drug-likeness (QED) is 0.428. The van der Waals surface area contributed by atoms with Crippen LogP contribution in [0.4, 0.5) is 0 Å². The Hall–Kier alpha value is -0.650. The zero-order valence-corrected chi connectivity index (χ0v) is 6.20. The number of rotatable bonds is 1. The minimum atomic E-state index is -2.22. The van der Waals surface area contributed by atoms with E-state index in [1.165, 1.54) is 6.92 Å². The smallest absolute Gasteiger partial charge is 0.280 e. The summed E-state index contributed by atoms with van der Waals surface area (Å²) in [4.78, 5) is 10.6. The minimum Gasteiger partial charge on any atom is -0.384 e. The van der Waals surface area contributed by atoms with E-state index < -0.39 is 17.3 Å². The van der Waals surface area contributed by atoms with Crippen LogP contribution in [-0.4, -0.2) is 34.1 Å². The van der Waals surface area contributed by atoms with Crippen LogP contribution in [0.25, 0.3) is 0 Å². The summed E-state index contributed by atoms with van der Waals surface area (Å²) in [6, 6.07) is 0. The average molecular weight is 161 g/mol. The Balaban J connectivity index is 2.93. The van der Waals surface area contributed by atoms with Crippen molar-refractivity contribution in [1.29, 1.82) is 0 Å². The maximum Gasteiger partial charge on any atom is 0.280 e. The summed E-state index contributed by atoms with van der Waals surface area (Å²) in [5.41, 5.74) is 3.26. The lowest BCUT2D eigenvalue weighted by molar-refractivity contribution is -0.236. The van der Waals surface area contributed by atoms with Crippen molar-refractivity contribution in [1.82, 2.24) is 0 Å². The predicted molar refractivity (Wildman–Crippen MR) is 35.3 cm³/mol. The molecule has 1 amide bonds. The summed E-state index contributed by atoms with van der Waals surface area (Å²) in [6.45, 7) is 1.44. The van der Waals surface area contributed by atoms with E-state index in [1.54, 1.807) is 0 Å². The fraction of sp³-hybridized carbons (Fsp3) is 0.833. The molecule has 1 fully saturated rings. The topological polar surface area (TPSA) is 92.8 Å². The molecule has 0 aromatic heterocycles. The van der Waals surface area contributed by atoms with Crippen LogP contribution in [-0.2, 0) is 9.53 Å². The van der Waals surface area contributed by atoms with Crippen molar-refractivity contribution in [3.05, 3.63) is 0 Å². The molecule has 1 saturated heterocycles. The lowest BCUT2D eigenvalue weighted by Crippen LogP contribution is -2.57. The van der Waals surface area contributed by atoms with E-state index in [1.807, 2.05) is 0 Å². The van der Waals surface area contributed by atoms with Gasteiger partial charge in [-0.25, -0.2) is 0 Å². The predicted octanol–water partition coefficient (Wildman–Crippen LogP) is -1.67. The van der Waals surface area contributed by atoms with Gasteiger partial charge in [-0.3, -0.25) is 4.79 Å². The molecule has 0 saturated carbocycles. The molecule has 0 aromatic carbocycles. The molecular formula is C6H11NO4. The number of nitrogens with two attached hydrogens (primary N) is 1. The van der Waals surface area contributed by atoms with Crippen molar-refractivity contribution < 1.29 is 19.7 Å². The molecule has 0 bridgehead atoms. The van der Waals surface area contributed by atoms with Gasteiger partial charge in [0.1, 0.15) is 5.60 Å². The summed E-state index contributed by atoms with van der Waals surface area (Å²) < 4.78 is 4.65. The van der Waals surface area contributed by atoms with Crippen LogP contribution in [0.3, 0.4) is 0 Å². The molecule has 2 unspecified atom stereocenters. The van der Waals surface area contributed by atoms with Crippen molar-refractivity contribution in [2.45, 2.75) is 24.7 Å². The van der Waals surface area contributed by atoms with E-state index in [4.69, 9.17) is 5.73 Å². The first-order valence-corrected chi connectivity index (χ1v) is 3.29. The van der Waals surface area contributed by atoms with Crippen LogP contribution in [0.1, 0.15) is 13.3 Å². The zero-order valence-electron chi connectivity index (χ0n) is 6.20. The lowest BCUT2D eigenvalue weighted by atomic mass is 9.94. The Labute approximate surface area is 63.8 Å². The van der Waals surface area contributed by atoms with E-state index in [0.29, 0.717) is 0 Å². The number of hydrogen-bond acceptors (Lipinski definition) is 4. The molecule has 1 aliphatic rings. The highest BCUT2D eigenvalue weighted by molar-refractivity contribution is 5.83. The monoisotopic (exact) mass is 161 g/mol. The molecule has 2 atom stereocenters. The Morgan fingerprint density at radius 1 is 1.64 bits per heavy atom. The van der Waals surface area contributed by atoms with Gasteiger partial charge in [0.25, 0.3) is 11.7 Å². The molecule has 0 radical (unpaired) electrons. The van der Waals surface area contributed by atoms with Crippen LogP contribution in [0.15, 0.2) is 0 Å². The molecule has 0 aliphatic carbocycles. The molecule has 1 heterocycles. The van der Waals surface area contributed by atoms with Crippen molar-refractivity contribution in [3.63, 3.8) is 0 Å². The summed E-state index contributed by atoms with van der Waals surface area (Å²) in [5, 5.41) is 18.8. The molecule has 0 spiro atoms. The van der Waals surface area contributed by atoms with Crippen LogP contribution < -0.4 is 5.73 Å². The van der Waals surface area contributed by atoms with Gasteiger partial charge in [-0.2, -0.15) is 0 Å². The molecule has 11 heavy (non-hydrogen) atoms. The SMILES string of the molecule is CC1(O)CCOC1(O)C(N)=O. The summed E-state index contributed by atoms with van der Waals surface area (Å²) in [6.07, 6.45) is 0.201. The summed E-state index contributed by atoms with van der Waals surface area (Å²) in [7, 11) is 0. The first-order chi connectivity index (χ1) is 4.90. The van der Waals surface area contributed by atoms with E-state index in [9.17, 15) is 15.0 Å². The lowest BCUT2D eigenvalue weighted by Gasteiger charge is -2.29. The maximum atomic E-state index is 10.6. The molecule has 5 nitrogen and oxygen atoms in total. The molecule has 64 valence electrons. The molecule has 4 N–H and O–H groups in total. The van der Waals surface area contributed by atoms with Crippen LogP contribution in [0, 0.1) is 0 Å². The van der Waals surface area contributed by atoms with E-state index in [2.05, 4.69) is 4.74 Å². The van der Waals surface area contributed by atoms with Crippen molar-refractivity contribution in [3.8, 4) is 0 Å².